The maximum atomic E-state index is 12.3. The molecule has 0 aromatic carbocycles. The van der Waals surface area contributed by atoms with Crippen LogP contribution in [0.2, 0.25) is 0 Å². The van der Waals surface area contributed by atoms with Crippen LogP contribution in [0.25, 0.3) is 5.65 Å². The standard InChI is InChI=1S/C18H26N4OS/c1-18(2,3)24-14-17(23)21-10-8-20(9-11-21)12-15-13-22-7-5-4-6-16(22)19-15/h4-7,13H,8-12,14H2,1-3H3. The fourth-order valence-corrected chi connectivity index (χ4v) is 3.56. The molecule has 0 N–H and O–H groups in total. The van der Waals surface area contributed by atoms with Crippen LogP contribution in [0.1, 0.15) is 26.5 Å². The molecule has 1 fully saturated rings. The van der Waals surface area contributed by atoms with Crippen LogP contribution in [0.3, 0.4) is 0 Å². The highest BCUT2D eigenvalue weighted by atomic mass is 32.2. The lowest BCUT2D eigenvalue weighted by Gasteiger charge is -2.34. The van der Waals surface area contributed by atoms with Crippen molar-refractivity contribution in [2.45, 2.75) is 32.1 Å². The van der Waals surface area contributed by atoms with Gasteiger partial charge in [0.2, 0.25) is 5.91 Å². The third-order valence-corrected chi connectivity index (χ3v) is 5.41. The van der Waals surface area contributed by atoms with Gasteiger partial charge < -0.3 is 9.30 Å². The van der Waals surface area contributed by atoms with E-state index in [-0.39, 0.29) is 10.7 Å². The Balaban J connectivity index is 1.49. The molecule has 24 heavy (non-hydrogen) atoms. The molecule has 0 saturated carbocycles. The molecule has 0 aliphatic carbocycles. The quantitative estimate of drug-likeness (QED) is 0.853. The lowest BCUT2D eigenvalue weighted by Crippen LogP contribution is -2.49. The van der Waals surface area contributed by atoms with E-state index in [1.165, 1.54) is 0 Å². The van der Waals surface area contributed by atoms with Crippen LogP contribution < -0.4 is 0 Å². The van der Waals surface area contributed by atoms with Crippen LogP contribution in [-0.2, 0) is 11.3 Å². The first-order chi connectivity index (χ1) is 11.4. The second-order valence-corrected chi connectivity index (χ2v) is 9.06. The van der Waals surface area contributed by atoms with Gasteiger partial charge in [-0.05, 0) is 12.1 Å². The van der Waals surface area contributed by atoms with Gasteiger partial charge in [0.15, 0.2) is 0 Å². The van der Waals surface area contributed by atoms with Gasteiger partial charge >= 0.3 is 0 Å². The van der Waals surface area contributed by atoms with E-state index in [0.29, 0.717) is 5.75 Å². The molecule has 1 amide bonds. The molecule has 1 saturated heterocycles. The lowest BCUT2D eigenvalue weighted by atomic mass is 10.3. The molecule has 0 atom stereocenters. The summed E-state index contributed by atoms with van der Waals surface area (Å²) in [5.41, 5.74) is 2.07. The molecule has 0 spiro atoms. The third kappa shape index (κ3) is 4.51. The molecule has 3 heterocycles. The Hall–Kier alpha value is -1.53. The molecule has 1 aliphatic heterocycles. The minimum Gasteiger partial charge on any atom is -0.339 e. The van der Waals surface area contributed by atoms with Crippen molar-refractivity contribution in [1.82, 2.24) is 19.2 Å². The largest absolute Gasteiger partial charge is 0.339 e. The van der Waals surface area contributed by atoms with Gasteiger partial charge in [0.1, 0.15) is 5.65 Å². The second kappa shape index (κ2) is 7.15. The number of nitrogens with zero attached hydrogens (tertiary/aromatic N) is 4. The number of rotatable bonds is 4. The van der Waals surface area contributed by atoms with E-state index in [1.807, 2.05) is 29.3 Å². The van der Waals surface area contributed by atoms with Gasteiger partial charge in [-0.15, -0.1) is 11.8 Å². The van der Waals surface area contributed by atoms with Crippen LogP contribution in [0.5, 0.6) is 0 Å². The Morgan fingerprint density at radius 2 is 1.96 bits per heavy atom. The SMILES string of the molecule is CC(C)(C)SCC(=O)N1CCN(Cc2cn3ccccc3n2)CC1. The van der Waals surface area contributed by atoms with Gasteiger partial charge in [0.05, 0.1) is 11.4 Å². The molecule has 5 nitrogen and oxygen atoms in total. The zero-order valence-corrected chi connectivity index (χ0v) is 15.6. The Kier molecular flexibility index (Phi) is 5.15. The van der Waals surface area contributed by atoms with Crippen molar-refractivity contribution >= 4 is 23.3 Å². The Morgan fingerprint density at radius 3 is 2.62 bits per heavy atom. The van der Waals surface area contributed by atoms with Crippen LogP contribution in [0, 0.1) is 0 Å². The number of fused-ring (bicyclic) bond motifs is 1. The van der Waals surface area contributed by atoms with E-state index in [4.69, 9.17) is 0 Å². The molecule has 2 aromatic heterocycles. The summed E-state index contributed by atoms with van der Waals surface area (Å²) in [7, 11) is 0. The number of hydrogen-bond acceptors (Lipinski definition) is 4. The number of imidazole rings is 1. The fourth-order valence-electron chi connectivity index (χ4n) is 2.82. The molecule has 2 aromatic rings. The Bertz CT molecular complexity index is 665. The van der Waals surface area contributed by atoms with Crippen molar-refractivity contribution in [3.05, 3.63) is 36.3 Å². The summed E-state index contributed by atoms with van der Waals surface area (Å²) in [5.74, 6) is 0.845. The molecule has 130 valence electrons. The lowest BCUT2D eigenvalue weighted by molar-refractivity contribution is -0.130. The van der Waals surface area contributed by atoms with Crippen molar-refractivity contribution < 1.29 is 4.79 Å². The number of aromatic nitrogens is 2. The van der Waals surface area contributed by atoms with E-state index < -0.39 is 0 Å². The molecule has 3 rings (SSSR count). The molecular formula is C18H26N4OS. The van der Waals surface area contributed by atoms with E-state index >= 15 is 0 Å². The highest BCUT2D eigenvalue weighted by Gasteiger charge is 2.23. The van der Waals surface area contributed by atoms with Gasteiger partial charge in [-0.3, -0.25) is 9.69 Å². The van der Waals surface area contributed by atoms with Crippen LogP contribution in [0.4, 0.5) is 0 Å². The zero-order chi connectivity index (χ0) is 17.2. The van der Waals surface area contributed by atoms with Crippen LogP contribution in [0.15, 0.2) is 30.6 Å². The molecule has 0 bridgehead atoms. The minimum atomic E-state index is 0.139. The number of carbonyl (C=O) groups is 1. The van der Waals surface area contributed by atoms with E-state index in [1.54, 1.807) is 11.8 Å². The molecule has 0 unspecified atom stereocenters. The monoisotopic (exact) mass is 346 g/mol. The Morgan fingerprint density at radius 1 is 1.21 bits per heavy atom. The summed E-state index contributed by atoms with van der Waals surface area (Å²) in [5, 5.41) is 0. The second-order valence-electron chi connectivity index (χ2n) is 7.26. The summed E-state index contributed by atoms with van der Waals surface area (Å²) in [6, 6.07) is 6.04. The predicted molar refractivity (Wildman–Crippen MR) is 99.3 cm³/mol. The Labute approximate surface area is 148 Å². The van der Waals surface area contributed by atoms with Crippen molar-refractivity contribution in [2.75, 3.05) is 31.9 Å². The van der Waals surface area contributed by atoms with Gasteiger partial charge in [0.25, 0.3) is 0 Å². The first kappa shape index (κ1) is 17.3. The number of pyridine rings is 1. The maximum absolute atomic E-state index is 12.3. The summed E-state index contributed by atoms with van der Waals surface area (Å²) in [6.07, 6.45) is 4.11. The van der Waals surface area contributed by atoms with Crippen molar-refractivity contribution in [3.8, 4) is 0 Å². The summed E-state index contributed by atoms with van der Waals surface area (Å²) >= 11 is 1.72. The molecule has 6 heteroatoms. The topological polar surface area (TPSA) is 40.9 Å². The fraction of sp³-hybridized carbons (Fsp3) is 0.556. The minimum absolute atomic E-state index is 0.139. The van der Waals surface area contributed by atoms with Gasteiger partial charge in [0, 0.05) is 49.9 Å². The van der Waals surface area contributed by atoms with Gasteiger partial charge in [-0.2, -0.15) is 0 Å². The number of thioether (sulfide) groups is 1. The first-order valence-corrected chi connectivity index (χ1v) is 9.46. The van der Waals surface area contributed by atoms with Gasteiger partial charge in [-0.1, -0.05) is 26.8 Å². The summed E-state index contributed by atoms with van der Waals surface area (Å²) in [6.45, 7) is 10.8. The maximum Gasteiger partial charge on any atom is 0.232 e. The van der Waals surface area contributed by atoms with E-state index in [9.17, 15) is 4.79 Å². The predicted octanol–water partition coefficient (Wildman–Crippen LogP) is 2.51. The van der Waals surface area contributed by atoms with E-state index in [2.05, 4.69) is 41.3 Å². The van der Waals surface area contributed by atoms with E-state index in [0.717, 1.165) is 44.1 Å². The number of carbonyl (C=O) groups excluding carboxylic acids is 1. The van der Waals surface area contributed by atoms with Crippen LogP contribution in [-0.4, -0.2) is 61.8 Å². The number of amides is 1. The highest BCUT2D eigenvalue weighted by Crippen LogP contribution is 2.23. The third-order valence-electron chi connectivity index (χ3n) is 4.15. The van der Waals surface area contributed by atoms with Gasteiger partial charge in [-0.25, -0.2) is 4.98 Å². The van der Waals surface area contributed by atoms with Crippen LogP contribution >= 0.6 is 11.8 Å². The summed E-state index contributed by atoms with van der Waals surface area (Å²) < 4.78 is 2.19. The zero-order valence-electron chi connectivity index (χ0n) is 14.7. The smallest absolute Gasteiger partial charge is 0.232 e. The average molecular weight is 347 g/mol. The van der Waals surface area contributed by atoms with Crippen molar-refractivity contribution in [2.24, 2.45) is 0 Å². The first-order valence-electron chi connectivity index (χ1n) is 8.47. The number of piperazine rings is 1. The highest BCUT2D eigenvalue weighted by molar-refractivity contribution is 8.01. The summed E-state index contributed by atoms with van der Waals surface area (Å²) in [4.78, 5) is 21.3. The molecular weight excluding hydrogens is 320 g/mol. The van der Waals surface area contributed by atoms with Crippen molar-refractivity contribution in [1.29, 1.82) is 0 Å². The van der Waals surface area contributed by atoms with Crippen molar-refractivity contribution in [3.63, 3.8) is 0 Å². The molecule has 0 radical (unpaired) electrons. The molecule has 1 aliphatic rings. The number of hydrogen-bond donors (Lipinski definition) is 0. The average Bonchev–Trinajstić information content (AvgIpc) is 2.95. The normalized spacial score (nSPS) is 16.7.